The van der Waals surface area contributed by atoms with Crippen LogP contribution in [0.2, 0.25) is 0 Å². The zero-order valence-corrected chi connectivity index (χ0v) is 9.42. The molecule has 0 bridgehead atoms. The Hall–Kier alpha value is -0.323. The van der Waals surface area contributed by atoms with Crippen molar-refractivity contribution in [2.45, 2.75) is 20.8 Å². The summed E-state index contributed by atoms with van der Waals surface area (Å²) in [4.78, 5) is 20.2. The normalized spacial score (nSPS) is 11.7. The van der Waals surface area contributed by atoms with Crippen molar-refractivity contribution in [1.82, 2.24) is 0 Å². The van der Waals surface area contributed by atoms with Gasteiger partial charge in [0.25, 0.3) is 8.03 Å². The molecule has 0 saturated heterocycles. The molecule has 0 aromatic heterocycles. The van der Waals surface area contributed by atoms with Crippen LogP contribution in [0.15, 0.2) is 12.1 Å². The molecule has 5 heteroatoms. The van der Waals surface area contributed by atoms with Crippen LogP contribution < -0.4 is 0 Å². The number of hydrogen-bond donors (Lipinski definition) is 1. The molecule has 15 heavy (non-hydrogen) atoms. The van der Waals surface area contributed by atoms with Gasteiger partial charge >= 0.3 is 18.9 Å². The van der Waals surface area contributed by atoms with Gasteiger partial charge in [-0.3, -0.25) is 9.36 Å². The standard InChI is InChI=1S/C10H13O3P.Li.H/c1-6-4-7(2)9(8(3)5-6)10(11)14(12)13;;/h4-5,14H,1-3H3,(H,12,13);;. The van der Waals surface area contributed by atoms with E-state index in [1.54, 1.807) is 13.8 Å². The van der Waals surface area contributed by atoms with Crippen molar-refractivity contribution < 1.29 is 14.3 Å². The quantitative estimate of drug-likeness (QED) is 0.608. The van der Waals surface area contributed by atoms with E-state index < -0.39 is 13.6 Å². The van der Waals surface area contributed by atoms with Gasteiger partial charge in [-0.1, -0.05) is 17.7 Å². The van der Waals surface area contributed by atoms with Crippen LogP contribution in [0.1, 0.15) is 27.0 Å². The average Bonchev–Trinajstić information content (AvgIpc) is 2.01. The van der Waals surface area contributed by atoms with Crippen molar-refractivity contribution in [2.75, 3.05) is 0 Å². The first-order chi connectivity index (χ1) is 6.43. The second-order valence-corrected chi connectivity index (χ2v) is 4.47. The number of rotatable bonds is 2. The fraction of sp³-hybridized carbons (Fsp3) is 0.300. The van der Waals surface area contributed by atoms with E-state index >= 15 is 0 Å². The first-order valence-corrected chi connectivity index (χ1v) is 5.64. The van der Waals surface area contributed by atoms with E-state index in [1.807, 2.05) is 19.1 Å². The van der Waals surface area contributed by atoms with Crippen LogP contribution >= 0.6 is 8.03 Å². The van der Waals surface area contributed by atoms with E-state index in [4.69, 9.17) is 4.89 Å². The van der Waals surface area contributed by atoms with Crippen LogP contribution in [-0.4, -0.2) is 29.3 Å². The van der Waals surface area contributed by atoms with Crippen LogP contribution in [0.5, 0.6) is 0 Å². The molecule has 0 radical (unpaired) electrons. The van der Waals surface area contributed by atoms with Gasteiger partial charge in [-0.25, -0.2) is 0 Å². The Kier molecular flexibility index (Phi) is 5.56. The number of aryl methyl sites for hydroxylation is 3. The minimum atomic E-state index is -3.11. The second kappa shape index (κ2) is 5.68. The van der Waals surface area contributed by atoms with Gasteiger partial charge in [0.1, 0.15) is 0 Å². The summed E-state index contributed by atoms with van der Waals surface area (Å²) in [5.41, 5.74) is 2.32. The Morgan fingerprint density at radius 2 is 1.60 bits per heavy atom. The van der Waals surface area contributed by atoms with Gasteiger partial charge in [0.15, 0.2) is 0 Å². The molecule has 3 nitrogen and oxygen atoms in total. The topological polar surface area (TPSA) is 54.4 Å². The summed E-state index contributed by atoms with van der Waals surface area (Å²) in [5, 5.41) is 0. The summed E-state index contributed by atoms with van der Waals surface area (Å²) in [6.07, 6.45) is 0. The predicted molar refractivity (Wildman–Crippen MR) is 63.4 cm³/mol. The van der Waals surface area contributed by atoms with Gasteiger partial charge in [0.05, 0.1) is 0 Å². The van der Waals surface area contributed by atoms with Crippen LogP contribution in [0.3, 0.4) is 0 Å². The molecule has 0 fully saturated rings. The van der Waals surface area contributed by atoms with Crippen molar-refractivity contribution >= 4 is 32.4 Å². The molecule has 1 atom stereocenters. The fourth-order valence-corrected chi connectivity index (χ4v) is 2.25. The minimum absolute atomic E-state index is 0. The molecule has 0 aliphatic rings. The van der Waals surface area contributed by atoms with E-state index in [1.165, 1.54) is 0 Å². The van der Waals surface area contributed by atoms with Crippen LogP contribution in [0, 0.1) is 20.8 Å². The van der Waals surface area contributed by atoms with Crippen molar-refractivity contribution in [3.05, 3.63) is 34.4 Å². The van der Waals surface area contributed by atoms with Gasteiger partial charge in [0, 0.05) is 5.56 Å². The number of carbonyl (C=O) groups excluding carboxylic acids is 1. The molecule has 1 rings (SSSR count). The third-order valence-corrected chi connectivity index (χ3v) is 2.74. The van der Waals surface area contributed by atoms with Crippen molar-refractivity contribution in [1.29, 1.82) is 0 Å². The SMILES string of the molecule is Cc1cc(C)c(C(=O)[PH](=O)O)c(C)c1.[LiH]. The average molecular weight is 220 g/mol. The van der Waals surface area contributed by atoms with E-state index in [-0.39, 0.29) is 18.9 Å². The maximum absolute atomic E-state index is 11.4. The van der Waals surface area contributed by atoms with Gasteiger partial charge < -0.3 is 4.89 Å². The molecule has 1 aromatic carbocycles. The van der Waals surface area contributed by atoms with Crippen molar-refractivity contribution in [3.63, 3.8) is 0 Å². The third kappa shape index (κ3) is 3.33. The molecule has 0 heterocycles. The third-order valence-electron chi connectivity index (χ3n) is 2.10. The second-order valence-electron chi connectivity index (χ2n) is 3.41. The van der Waals surface area contributed by atoms with E-state index in [0.717, 1.165) is 16.7 Å². The van der Waals surface area contributed by atoms with E-state index in [9.17, 15) is 9.36 Å². The Morgan fingerprint density at radius 1 is 1.20 bits per heavy atom. The molecule has 0 aliphatic carbocycles. The summed E-state index contributed by atoms with van der Waals surface area (Å²) in [6, 6.07) is 3.68. The Morgan fingerprint density at radius 3 is 1.93 bits per heavy atom. The molecule has 0 saturated carbocycles. The molecule has 1 N–H and O–H groups in total. The zero-order chi connectivity index (χ0) is 10.9. The molecule has 0 amide bonds. The van der Waals surface area contributed by atoms with Crippen LogP contribution in [-0.2, 0) is 4.57 Å². The molecule has 0 aliphatic heterocycles. The summed E-state index contributed by atoms with van der Waals surface area (Å²) in [5.74, 6) is 0. The summed E-state index contributed by atoms with van der Waals surface area (Å²) >= 11 is 0. The van der Waals surface area contributed by atoms with Crippen LogP contribution in [0.4, 0.5) is 0 Å². The fourth-order valence-electron chi connectivity index (χ4n) is 1.65. The molecular formula is C10H14LiO3P. The number of benzene rings is 1. The Labute approximate surface area is 102 Å². The molecular weight excluding hydrogens is 206 g/mol. The maximum atomic E-state index is 11.4. The molecule has 78 valence electrons. The predicted octanol–water partition coefficient (Wildman–Crippen LogP) is 1.57. The van der Waals surface area contributed by atoms with Crippen molar-refractivity contribution in [3.8, 4) is 0 Å². The van der Waals surface area contributed by atoms with Crippen LogP contribution in [0.25, 0.3) is 0 Å². The van der Waals surface area contributed by atoms with Crippen molar-refractivity contribution in [2.24, 2.45) is 0 Å². The Balaban J connectivity index is 0.00000196. The first kappa shape index (κ1) is 14.7. The van der Waals surface area contributed by atoms with Gasteiger partial charge in [-0.15, -0.1) is 0 Å². The summed E-state index contributed by atoms with van der Waals surface area (Å²) < 4.78 is 10.7. The van der Waals surface area contributed by atoms with E-state index in [2.05, 4.69) is 0 Å². The molecule has 1 unspecified atom stereocenters. The zero-order valence-electron chi connectivity index (χ0n) is 8.42. The molecule has 0 spiro atoms. The Bertz CT molecular complexity index is 392. The number of carbonyl (C=O) groups is 1. The summed E-state index contributed by atoms with van der Waals surface area (Å²) in [6.45, 7) is 5.48. The first-order valence-electron chi connectivity index (χ1n) is 4.29. The monoisotopic (exact) mass is 220 g/mol. The van der Waals surface area contributed by atoms with Gasteiger partial charge in [-0.2, -0.15) is 0 Å². The van der Waals surface area contributed by atoms with E-state index in [0.29, 0.717) is 5.56 Å². The van der Waals surface area contributed by atoms with Gasteiger partial charge in [-0.05, 0) is 31.9 Å². The number of hydrogen-bond acceptors (Lipinski definition) is 2. The summed E-state index contributed by atoms with van der Waals surface area (Å²) in [7, 11) is -3.11. The molecule has 1 aromatic rings. The van der Waals surface area contributed by atoms with Gasteiger partial charge in [0.2, 0.25) is 5.52 Å².